The van der Waals surface area contributed by atoms with Gasteiger partial charge in [0, 0.05) is 31.4 Å². The number of hydrogen-bond donors (Lipinski definition) is 1. The Balaban J connectivity index is 1.25. The molecule has 6 nitrogen and oxygen atoms in total. The van der Waals surface area contributed by atoms with E-state index in [1.165, 1.54) is 5.57 Å². The van der Waals surface area contributed by atoms with E-state index in [1.54, 1.807) is 31.4 Å². The van der Waals surface area contributed by atoms with Crippen LogP contribution >= 0.6 is 0 Å². The van der Waals surface area contributed by atoms with Gasteiger partial charge >= 0.3 is 0 Å². The zero-order valence-electron chi connectivity index (χ0n) is 17.7. The largest absolute Gasteiger partial charge is 0.497 e. The molecule has 0 spiro atoms. The summed E-state index contributed by atoms with van der Waals surface area (Å²) in [6.45, 7) is 1.88. The fourth-order valence-electron chi connectivity index (χ4n) is 3.63. The highest BCUT2D eigenvalue weighted by Gasteiger charge is 2.19. The maximum absolute atomic E-state index is 12.2. The number of carbonyl (C=O) groups is 2. The van der Waals surface area contributed by atoms with Gasteiger partial charge in [-0.25, -0.2) is 0 Å². The number of benzene rings is 1. The minimum absolute atomic E-state index is 0.0741. The van der Waals surface area contributed by atoms with Crippen LogP contribution in [-0.2, 0) is 14.3 Å². The van der Waals surface area contributed by atoms with Gasteiger partial charge in [-0.15, -0.1) is 0 Å². The van der Waals surface area contributed by atoms with Gasteiger partial charge < -0.3 is 19.5 Å². The molecule has 2 aliphatic rings. The summed E-state index contributed by atoms with van der Waals surface area (Å²) in [5, 5.41) is 2.99. The summed E-state index contributed by atoms with van der Waals surface area (Å²) in [6, 6.07) is 7.18. The second-order valence-corrected chi connectivity index (χ2v) is 7.60. The maximum atomic E-state index is 12.2. The van der Waals surface area contributed by atoms with Gasteiger partial charge in [-0.1, -0.05) is 12.0 Å². The molecule has 1 aromatic carbocycles. The Kier molecular flexibility index (Phi) is 8.36. The van der Waals surface area contributed by atoms with Crippen molar-refractivity contribution in [2.75, 3.05) is 26.9 Å². The van der Waals surface area contributed by atoms with Gasteiger partial charge in [0.15, 0.2) is 11.5 Å². The van der Waals surface area contributed by atoms with Crippen molar-refractivity contribution in [3.05, 3.63) is 53.0 Å². The van der Waals surface area contributed by atoms with E-state index < -0.39 is 0 Å². The SMILES string of the molecule is COc1ccc(C(=O)CCCCCC(=O)NCCC2=CC3=C(CC2)OCCO3)cc1. The molecular weight excluding hydrogens is 382 g/mol. The molecule has 0 bridgehead atoms. The normalized spacial score (nSPS) is 15.4. The molecule has 6 heteroatoms. The maximum Gasteiger partial charge on any atom is 0.220 e. The number of amides is 1. The van der Waals surface area contributed by atoms with Crippen LogP contribution in [0.3, 0.4) is 0 Å². The zero-order chi connectivity index (χ0) is 21.2. The van der Waals surface area contributed by atoms with Crippen LogP contribution in [0.15, 0.2) is 47.4 Å². The molecular formula is C24H31NO5. The molecule has 162 valence electrons. The third-order valence-corrected chi connectivity index (χ3v) is 5.39. The van der Waals surface area contributed by atoms with Crippen LogP contribution < -0.4 is 10.1 Å². The molecule has 0 saturated heterocycles. The van der Waals surface area contributed by atoms with Crippen LogP contribution in [0.1, 0.15) is 61.7 Å². The molecule has 1 aromatic rings. The van der Waals surface area contributed by atoms with Crippen LogP contribution in [0.4, 0.5) is 0 Å². The first-order valence-corrected chi connectivity index (χ1v) is 10.8. The van der Waals surface area contributed by atoms with Crippen LogP contribution in [0, 0.1) is 0 Å². The molecule has 0 aromatic heterocycles. The van der Waals surface area contributed by atoms with Crippen LogP contribution in [0.25, 0.3) is 0 Å². The van der Waals surface area contributed by atoms with Crippen molar-refractivity contribution in [3.8, 4) is 5.75 Å². The number of unbranched alkanes of at least 4 members (excludes halogenated alkanes) is 2. The summed E-state index contributed by atoms with van der Waals surface area (Å²) in [6.07, 6.45) is 8.20. The van der Waals surface area contributed by atoms with Gasteiger partial charge in [0.2, 0.25) is 5.91 Å². The van der Waals surface area contributed by atoms with Crippen molar-refractivity contribution >= 4 is 11.7 Å². The Morgan fingerprint density at radius 1 is 1.00 bits per heavy atom. The summed E-state index contributed by atoms with van der Waals surface area (Å²) in [5.41, 5.74) is 2.00. The smallest absolute Gasteiger partial charge is 0.220 e. The average molecular weight is 414 g/mol. The molecule has 1 N–H and O–H groups in total. The Morgan fingerprint density at radius 2 is 1.77 bits per heavy atom. The van der Waals surface area contributed by atoms with E-state index in [0.29, 0.717) is 38.2 Å². The number of ether oxygens (including phenoxy) is 3. The van der Waals surface area contributed by atoms with Crippen LogP contribution in [0.5, 0.6) is 5.75 Å². The molecule has 0 radical (unpaired) electrons. The fraction of sp³-hybridized carbons (Fsp3) is 0.500. The van der Waals surface area contributed by atoms with Crippen molar-refractivity contribution in [1.82, 2.24) is 5.32 Å². The highest BCUT2D eigenvalue weighted by molar-refractivity contribution is 5.96. The van der Waals surface area contributed by atoms with E-state index in [2.05, 4.69) is 11.4 Å². The second-order valence-electron chi connectivity index (χ2n) is 7.60. The van der Waals surface area contributed by atoms with Crippen LogP contribution in [0.2, 0.25) is 0 Å². The highest BCUT2D eigenvalue weighted by atomic mass is 16.6. The lowest BCUT2D eigenvalue weighted by atomic mass is 9.99. The Hall–Kier alpha value is -2.76. The second kappa shape index (κ2) is 11.4. The molecule has 0 saturated carbocycles. The summed E-state index contributed by atoms with van der Waals surface area (Å²) in [4.78, 5) is 24.2. The minimum atomic E-state index is 0.0741. The van der Waals surface area contributed by atoms with Crippen molar-refractivity contribution in [2.24, 2.45) is 0 Å². The number of nitrogens with one attached hydrogen (secondary N) is 1. The summed E-state index contributed by atoms with van der Waals surface area (Å²) < 4.78 is 16.3. The number of allylic oxidation sites excluding steroid dienone is 2. The molecule has 1 heterocycles. The Morgan fingerprint density at radius 3 is 2.57 bits per heavy atom. The summed E-state index contributed by atoms with van der Waals surface area (Å²) in [7, 11) is 1.61. The molecule has 0 unspecified atom stereocenters. The van der Waals surface area contributed by atoms with Crippen molar-refractivity contribution < 1.29 is 23.8 Å². The Bertz CT molecular complexity index is 794. The number of hydrogen-bond acceptors (Lipinski definition) is 5. The van der Waals surface area contributed by atoms with Crippen LogP contribution in [-0.4, -0.2) is 38.6 Å². The average Bonchev–Trinajstić information content (AvgIpc) is 2.78. The number of carbonyl (C=O) groups excluding carboxylic acids is 2. The van der Waals surface area contributed by atoms with Crippen molar-refractivity contribution in [2.45, 2.75) is 51.4 Å². The fourth-order valence-corrected chi connectivity index (χ4v) is 3.63. The molecule has 0 atom stereocenters. The van der Waals surface area contributed by atoms with E-state index in [4.69, 9.17) is 14.2 Å². The first kappa shape index (κ1) is 21.9. The molecule has 30 heavy (non-hydrogen) atoms. The number of methoxy groups -OCH3 is 1. The van der Waals surface area contributed by atoms with E-state index in [0.717, 1.165) is 55.8 Å². The van der Waals surface area contributed by atoms with Crippen molar-refractivity contribution in [1.29, 1.82) is 0 Å². The number of Topliss-reactive ketones (excluding diaryl/α,β-unsaturated/α-hetero) is 1. The predicted octanol–water partition coefficient (Wildman–Crippen LogP) is 4.31. The summed E-state index contributed by atoms with van der Waals surface area (Å²) in [5.74, 6) is 2.77. The molecule has 3 rings (SSSR count). The van der Waals surface area contributed by atoms with Gasteiger partial charge in [0.1, 0.15) is 24.7 Å². The molecule has 1 aliphatic heterocycles. The standard InChI is InChI=1S/C24H31NO5/c1-28-20-10-8-19(9-11-20)21(26)5-3-2-4-6-24(27)25-14-13-18-7-12-22-23(17-18)30-16-15-29-22/h8-11,17H,2-7,12-16H2,1H3,(H,25,27). The monoisotopic (exact) mass is 413 g/mol. The van der Waals surface area contributed by atoms with Crippen molar-refractivity contribution in [3.63, 3.8) is 0 Å². The molecule has 1 aliphatic carbocycles. The van der Waals surface area contributed by atoms with Gasteiger partial charge in [0.05, 0.1) is 7.11 Å². The highest BCUT2D eigenvalue weighted by Crippen LogP contribution is 2.29. The van der Waals surface area contributed by atoms with E-state index in [9.17, 15) is 9.59 Å². The first-order chi connectivity index (χ1) is 14.7. The lowest BCUT2D eigenvalue weighted by Gasteiger charge is -2.25. The molecule has 1 amide bonds. The minimum Gasteiger partial charge on any atom is -0.497 e. The van der Waals surface area contributed by atoms with Gasteiger partial charge in [0.25, 0.3) is 0 Å². The first-order valence-electron chi connectivity index (χ1n) is 10.8. The quantitative estimate of drug-likeness (QED) is 0.432. The van der Waals surface area contributed by atoms with Gasteiger partial charge in [-0.3, -0.25) is 9.59 Å². The Labute approximate surface area is 178 Å². The van der Waals surface area contributed by atoms with E-state index >= 15 is 0 Å². The van der Waals surface area contributed by atoms with E-state index in [-0.39, 0.29) is 11.7 Å². The lowest BCUT2D eigenvalue weighted by molar-refractivity contribution is -0.121. The lowest BCUT2D eigenvalue weighted by Crippen LogP contribution is -2.24. The third-order valence-electron chi connectivity index (χ3n) is 5.39. The van der Waals surface area contributed by atoms with E-state index in [1.807, 2.05) is 0 Å². The van der Waals surface area contributed by atoms with Gasteiger partial charge in [-0.05, 0) is 56.0 Å². The summed E-state index contributed by atoms with van der Waals surface area (Å²) >= 11 is 0. The predicted molar refractivity (Wildman–Crippen MR) is 114 cm³/mol. The third kappa shape index (κ3) is 6.65. The number of rotatable bonds is 11. The number of ketones is 1. The topological polar surface area (TPSA) is 73.9 Å². The zero-order valence-corrected chi connectivity index (χ0v) is 17.7. The van der Waals surface area contributed by atoms with Gasteiger partial charge in [-0.2, -0.15) is 0 Å². The molecule has 0 fully saturated rings.